The molecule has 0 radical (unpaired) electrons. The van der Waals surface area contributed by atoms with E-state index < -0.39 is 0 Å². The number of benzene rings is 2. The van der Waals surface area contributed by atoms with Crippen molar-refractivity contribution in [3.8, 4) is 11.4 Å². The summed E-state index contributed by atoms with van der Waals surface area (Å²) in [4.78, 5) is 29.5. The standard InChI is InChI=1S/C25H23N3O4S/c1-15-12-18(16(2)28(15)20-7-5-6-17(13-20)24(30)32-4)14-22-23(29)27-25(33-22)26-19-8-10-21(31-3)11-9-19/h5-14H,1-4H3,(H,26,27,29)/b22-14+. The lowest BCUT2D eigenvalue weighted by atomic mass is 10.2. The Morgan fingerprint density at radius 1 is 1.09 bits per heavy atom. The van der Waals surface area contributed by atoms with E-state index in [0.717, 1.165) is 34.1 Å². The Labute approximate surface area is 196 Å². The van der Waals surface area contributed by atoms with Gasteiger partial charge < -0.3 is 19.4 Å². The number of thioether (sulfide) groups is 1. The number of esters is 1. The number of aryl methyl sites for hydroxylation is 1. The van der Waals surface area contributed by atoms with Crippen LogP contribution < -0.4 is 10.1 Å². The summed E-state index contributed by atoms with van der Waals surface area (Å²) in [5.41, 5.74) is 4.91. The van der Waals surface area contributed by atoms with Gasteiger partial charge in [0.15, 0.2) is 5.17 Å². The molecule has 1 aliphatic rings. The van der Waals surface area contributed by atoms with Gasteiger partial charge in [-0.15, -0.1) is 0 Å². The summed E-state index contributed by atoms with van der Waals surface area (Å²) in [5, 5.41) is 3.34. The molecule has 8 heteroatoms. The van der Waals surface area contributed by atoms with E-state index in [4.69, 9.17) is 9.47 Å². The van der Waals surface area contributed by atoms with E-state index in [1.807, 2.05) is 67.0 Å². The van der Waals surface area contributed by atoms with Crippen molar-refractivity contribution in [2.75, 3.05) is 14.2 Å². The van der Waals surface area contributed by atoms with Crippen LogP contribution in [0.15, 0.2) is 64.5 Å². The highest BCUT2D eigenvalue weighted by atomic mass is 32.2. The third-order valence-corrected chi connectivity index (χ3v) is 6.15. The predicted octanol–water partition coefficient (Wildman–Crippen LogP) is 4.78. The Morgan fingerprint density at radius 3 is 2.55 bits per heavy atom. The van der Waals surface area contributed by atoms with Gasteiger partial charge in [0.2, 0.25) is 0 Å². The van der Waals surface area contributed by atoms with Gasteiger partial charge in [-0.1, -0.05) is 6.07 Å². The molecule has 0 atom stereocenters. The molecule has 7 nitrogen and oxygen atoms in total. The summed E-state index contributed by atoms with van der Waals surface area (Å²) >= 11 is 1.30. The first-order valence-corrected chi connectivity index (χ1v) is 11.0. The van der Waals surface area contributed by atoms with Crippen molar-refractivity contribution in [3.63, 3.8) is 0 Å². The Balaban J connectivity index is 1.62. The molecule has 1 amide bonds. The average Bonchev–Trinajstić information content (AvgIpc) is 3.31. The van der Waals surface area contributed by atoms with E-state index in [-0.39, 0.29) is 11.9 Å². The molecule has 0 bridgehead atoms. The van der Waals surface area contributed by atoms with Gasteiger partial charge in [-0.3, -0.25) is 4.79 Å². The molecule has 0 saturated carbocycles. The van der Waals surface area contributed by atoms with Crippen molar-refractivity contribution in [2.24, 2.45) is 4.99 Å². The monoisotopic (exact) mass is 461 g/mol. The van der Waals surface area contributed by atoms with E-state index in [1.165, 1.54) is 18.9 Å². The number of hydrogen-bond acceptors (Lipinski definition) is 6. The van der Waals surface area contributed by atoms with Crippen LogP contribution in [0.5, 0.6) is 5.75 Å². The van der Waals surface area contributed by atoms with Crippen molar-refractivity contribution < 1.29 is 19.1 Å². The molecule has 2 heterocycles. The molecular formula is C25H23N3O4S. The Hall–Kier alpha value is -3.78. The quantitative estimate of drug-likeness (QED) is 0.437. The molecular weight excluding hydrogens is 438 g/mol. The number of nitrogens with zero attached hydrogens (tertiary/aromatic N) is 2. The van der Waals surface area contributed by atoms with Crippen molar-refractivity contribution in [3.05, 3.63) is 82.0 Å². The number of aromatic nitrogens is 1. The van der Waals surface area contributed by atoms with E-state index in [1.54, 1.807) is 19.2 Å². The highest BCUT2D eigenvalue weighted by Crippen LogP contribution is 2.31. The third kappa shape index (κ3) is 4.70. The summed E-state index contributed by atoms with van der Waals surface area (Å²) in [6, 6.07) is 16.6. The fourth-order valence-electron chi connectivity index (χ4n) is 3.62. The lowest BCUT2D eigenvalue weighted by molar-refractivity contribution is -0.115. The van der Waals surface area contributed by atoms with Crippen molar-refractivity contribution in [1.82, 2.24) is 9.88 Å². The van der Waals surface area contributed by atoms with E-state index in [0.29, 0.717) is 15.6 Å². The lowest BCUT2D eigenvalue weighted by Crippen LogP contribution is -2.19. The summed E-state index contributed by atoms with van der Waals surface area (Å²) in [7, 11) is 2.97. The molecule has 1 N–H and O–H groups in total. The van der Waals surface area contributed by atoms with Crippen LogP contribution in [0.3, 0.4) is 0 Å². The average molecular weight is 462 g/mol. The number of hydrogen-bond donors (Lipinski definition) is 1. The fraction of sp³-hybridized carbons (Fsp3) is 0.160. The maximum absolute atomic E-state index is 12.5. The Kier molecular flexibility index (Phi) is 6.37. The number of ether oxygens (including phenoxy) is 2. The van der Waals surface area contributed by atoms with E-state index in [9.17, 15) is 9.59 Å². The second-order valence-electron chi connectivity index (χ2n) is 7.38. The molecule has 2 aromatic carbocycles. The molecule has 1 aliphatic heterocycles. The lowest BCUT2D eigenvalue weighted by Gasteiger charge is -2.11. The molecule has 3 aromatic rings. The SMILES string of the molecule is COC(=O)c1cccc(-n2c(C)cc(/C=C3/SC(=Nc4ccc(OC)cc4)NC3=O)c2C)c1. The minimum absolute atomic E-state index is 0.190. The van der Waals surface area contributed by atoms with Gasteiger partial charge in [-0.25, -0.2) is 9.79 Å². The number of carbonyl (C=O) groups excluding carboxylic acids is 2. The third-order valence-electron chi connectivity index (χ3n) is 5.24. The van der Waals surface area contributed by atoms with Crippen LogP contribution in [0, 0.1) is 13.8 Å². The molecule has 168 valence electrons. The van der Waals surface area contributed by atoms with E-state index in [2.05, 4.69) is 10.3 Å². The maximum atomic E-state index is 12.5. The van der Waals surface area contributed by atoms with Crippen LogP contribution in [0.1, 0.15) is 27.3 Å². The number of carbonyl (C=O) groups is 2. The van der Waals surface area contributed by atoms with Crippen LogP contribution in [0.4, 0.5) is 5.69 Å². The molecule has 0 spiro atoms. The summed E-state index contributed by atoms with van der Waals surface area (Å²) < 4.78 is 12.0. The number of amidine groups is 1. The number of nitrogens with one attached hydrogen (secondary N) is 1. The van der Waals surface area contributed by atoms with Crippen LogP contribution in [0.2, 0.25) is 0 Å². The first-order chi connectivity index (χ1) is 15.9. The van der Waals surface area contributed by atoms with Crippen LogP contribution >= 0.6 is 11.8 Å². The molecule has 1 aromatic heterocycles. The van der Waals surface area contributed by atoms with Crippen molar-refractivity contribution in [1.29, 1.82) is 0 Å². The van der Waals surface area contributed by atoms with Crippen LogP contribution in [-0.2, 0) is 9.53 Å². The molecule has 1 saturated heterocycles. The summed E-state index contributed by atoms with van der Waals surface area (Å²) in [6.45, 7) is 3.96. The number of aliphatic imine (C=N–C) groups is 1. The summed E-state index contributed by atoms with van der Waals surface area (Å²) in [6.07, 6.45) is 1.86. The first-order valence-electron chi connectivity index (χ1n) is 10.2. The second kappa shape index (κ2) is 9.38. The normalized spacial score (nSPS) is 15.7. The minimum Gasteiger partial charge on any atom is -0.497 e. The zero-order valence-corrected chi connectivity index (χ0v) is 19.5. The number of methoxy groups -OCH3 is 2. The number of rotatable bonds is 5. The van der Waals surface area contributed by atoms with Gasteiger partial charge in [0.25, 0.3) is 5.91 Å². The fourth-order valence-corrected chi connectivity index (χ4v) is 4.45. The molecule has 0 aliphatic carbocycles. The molecule has 1 fully saturated rings. The van der Waals surface area contributed by atoms with Gasteiger partial charge in [-0.05, 0) is 85.8 Å². The summed E-state index contributed by atoms with van der Waals surface area (Å²) in [5.74, 6) is 0.171. The van der Waals surface area contributed by atoms with E-state index >= 15 is 0 Å². The Bertz CT molecular complexity index is 1290. The smallest absolute Gasteiger partial charge is 0.337 e. The van der Waals surface area contributed by atoms with Gasteiger partial charge in [0, 0.05) is 17.1 Å². The zero-order chi connectivity index (χ0) is 23.5. The minimum atomic E-state index is -0.385. The molecule has 0 unspecified atom stereocenters. The highest BCUT2D eigenvalue weighted by Gasteiger charge is 2.24. The van der Waals surface area contributed by atoms with Crippen molar-refractivity contribution >= 4 is 40.6 Å². The van der Waals surface area contributed by atoms with Crippen molar-refractivity contribution in [2.45, 2.75) is 13.8 Å². The molecule has 4 rings (SSSR count). The predicted molar refractivity (Wildman–Crippen MR) is 130 cm³/mol. The van der Waals surface area contributed by atoms with Gasteiger partial charge in [0.05, 0.1) is 30.4 Å². The van der Waals surface area contributed by atoms with Crippen LogP contribution in [-0.4, -0.2) is 35.8 Å². The van der Waals surface area contributed by atoms with Crippen LogP contribution in [0.25, 0.3) is 11.8 Å². The van der Waals surface area contributed by atoms with Gasteiger partial charge >= 0.3 is 5.97 Å². The largest absolute Gasteiger partial charge is 0.497 e. The molecule has 33 heavy (non-hydrogen) atoms. The second-order valence-corrected chi connectivity index (χ2v) is 8.41. The van der Waals surface area contributed by atoms with Gasteiger partial charge in [0.1, 0.15) is 5.75 Å². The highest BCUT2D eigenvalue weighted by molar-refractivity contribution is 8.18. The Morgan fingerprint density at radius 2 is 1.85 bits per heavy atom. The number of amides is 1. The van der Waals surface area contributed by atoms with Gasteiger partial charge in [-0.2, -0.15) is 0 Å². The first kappa shape index (κ1) is 22.4. The maximum Gasteiger partial charge on any atom is 0.337 e. The zero-order valence-electron chi connectivity index (χ0n) is 18.7. The topological polar surface area (TPSA) is 81.9 Å².